The zero-order chi connectivity index (χ0) is 10.7. The number of allylic oxidation sites excluding steroid dienone is 5. The molecule has 0 spiro atoms. The molecule has 0 aromatic heterocycles. The highest BCUT2D eigenvalue weighted by Gasteiger charge is 1.96. The molecule has 0 aliphatic heterocycles. The van der Waals surface area contributed by atoms with Crippen LogP contribution in [0.5, 0.6) is 0 Å². The number of nitrogens with zero attached hydrogens (tertiary/aromatic N) is 2. The van der Waals surface area contributed by atoms with E-state index in [2.05, 4.69) is 6.58 Å². The van der Waals surface area contributed by atoms with Crippen molar-refractivity contribution in [2.24, 2.45) is 0 Å². The van der Waals surface area contributed by atoms with Gasteiger partial charge in [0.1, 0.15) is 12.1 Å². The van der Waals surface area contributed by atoms with E-state index in [0.717, 1.165) is 0 Å². The van der Waals surface area contributed by atoms with Gasteiger partial charge in [-0.3, -0.25) is 0 Å². The number of rotatable bonds is 2. The van der Waals surface area contributed by atoms with E-state index in [-0.39, 0.29) is 0 Å². The summed E-state index contributed by atoms with van der Waals surface area (Å²) in [6, 6.07) is 3.78. The standard InChI is InChI=1S/C9H8N2.C2H6/c1-3-5-9(7-11)8(4-2)6-10;1-2/h3-5H,2H2,1H3;1-2H3/b5-3-,9-8-;. The third-order valence-corrected chi connectivity index (χ3v) is 1.07. The maximum Gasteiger partial charge on any atom is 0.100 e. The number of nitriles is 2. The van der Waals surface area contributed by atoms with Crippen LogP contribution >= 0.6 is 0 Å². The van der Waals surface area contributed by atoms with Crippen molar-refractivity contribution in [3.8, 4) is 12.1 Å². The minimum absolute atomic E-state index is 0.311. The molecule has 0 fully saturated rings. The minimum atomic E-state index is 0.311. The lowest BCUT2D eigenvalue weighted by atomic mass is 10.1. The van der Waals surface area contributed by atoms with E-state index in [1.807, 2.05) is 26.0 Å². The van der Waals surface area contributed by atoms with E-state index in [1.54, 1.807) is 19.1 Å². The lowest BCUT2D eigenvalue weighted by Crippen LogP contribution is -1.79. The van der Waals surface area contributed by atoms with E-state index in [9.17, 15) is 0 Å². The van der Waals surface area contributed by atoms with E-state index in [4.69, 9.17) is 10.5 Å². The summed E-state index contributed by atoms with van der Waals surface area (Å²) in [5.74, 6) is 0. The maximum atomic E-state index is 8.53. The normalized spacial score (nSPS) is 10.2. The largest absolute Gasteiger partial charge is 0.192 e. The molecule has 0 N–H and O–H groups in total. The predicted molar refractivity (Wildman–Crippen MR) is 54.6 cm³/mol. The van der Waals surface area contributed by atoms with Gasteiger partial charge in [0.2, 0.25) is 0 Å². The molecule has 2 heteroatoms. The van der Waals surface area contributed by atoms with Gasteiger partial charge in [0.15, 0.2) is 0 Å². The van der Waals surface area contributed by atoms with Crippen LogP contribution < -0.4 is 0 Å². The van der Waals surface area contributed by atoms with Crippen molar-refractivity contribution in [3.05, 3.63) is 36.0 Å². The van der Waals surface area contributed by atoms with E-state index < -0.39 is 0 Å². The van der Waals surface area contributed by atoms with Crippen molar-refractivity contribution >= 4 is 0 Å². The molecule has 0 aliphatic rings. The van der Waals surface area contributed by atoms with Crippen molar-refractivity contribution < 1.29 is 0 Å². The lowest BCUT2D eigenvalue weighted by molar-refractivity contribution is 1.44. The summed E-state index contributed by atoms with van der Waals surface area (Å²) in [5, 5.41) is 17.0. The molecular formula is C11H14N2. The zero-order valence-corrected chi connectivity index (χ0v) is 8.33. The Bertz CT molecular complexity index is 282. The highest BCUT2D eigenvalue weighted by atomic mass is 14.3. The quantitative estimate of drug-likeness (QED) is 0.477. The van der Waals surface area contributed by atoms with Gasteiger partial charge in [0.25, 0.3) is 0 Å². The lowest BCUT2D eigenvalue weighted by Gasteiger charge is -1.87. The summed E-state index contributed by atoms with van der Waals surface area (Å²) in [4.78, 5) is 0. The Morgan fingerprint density at radius 3 is 1.85 bits per heavy atom. The average molecular weight is 174 g/mol. The van der Waals surface area contributed by atoms with Crippen LogP contribution in [0.3, 0.4) is 0 Å². The first kappa shape index (κ1) is 13.8. The SMILES string of the molecule is C=C/C(C#N)=C(C#N)\C=C/C.CC. The van der Waals surface area contributed by atoms with Gasteiger partial charge < -0.3 is 0 Å². The van der Waals surface area contributed by atoms with Crippen LogP contribution in [0.25, 0.3) is 0 Å². The second-order valence-corrected chi connectivity index (χ2v) is 1.76. The smallest absolute Gasteiger partial charge is 0.100 e. The third kappa shape index (κ3) is 5.47. The van der Waals surface area contributed by atoms with E-state index >= 15 is 0 Å². The van der Waals surface area contributed by atoms with Gasteiger partial charge in [0, 0.05) is 0 Å². The summed E-state index contributed by atoms with van der Waals surface area (Å²) < 4.78 is 0. The molecule has 0 atom stereocenters. The number of hydrogen-bond acceptors (Lipinski definition) is 2. The molecule has 0 saturated heterocycles. The maximum absolute atomic E-state index is 8.53. The van der Waals surface area contributed by atoms with Crippen LogP contribution in [-0.2, 0) is 0 Å². The van der Waals surface area contributed by atoms with Gasteiger partial charge in [-0.25, -0.2) is 0 Å². The van der Waals surface area contributed by atoms with Crippen LogP contribution in [0.1, 0.15) is 20.8 Å². The highest BCUT2D eigenvalue weighted by molar-refractivity contribution is 5.48. The fraction of sp³-hybridized carbons (Fsp3) is 0.273. The van der Waals surface area contributed by atoms with Crippen molar-refractivity contribution in [1.82, 2.24) is 0 Å². The molecular weight excluding hydrogens is 160 g/mol. The Morgan fingerprint density at radius 2 is 1.62 bits per heavy atom. The second-order valence-electron chi connectivity index (χ2n) is 1.76. The van der Waals surface area contributed by atoms with Crippen molar-refractivity contribution in [3.63, 3.8) is 0 Å². The highest BCUT2D eigenvalue weighted by Crippen LogP contribution is 2.04. The molecule has 2 nitrogen and oxygen atoms in total. The predicted octanol–water partition coefficient (Wildman–Crippen LogP) is 3.12. The van der Waals surface area contributed by atoms with Crippen molar-refractivity contribution in [1.29, 1.82) is 10.5 Å². The molecule has 0 bridgehead atoms. The van der Waals surface area contributed by atoms with Gasteiger partial charge in [0.05, 0.1) is 11.1 Å². The molecule has 0 aromatic carbocycles. The molecule has 0 saturated carbocycles. The molecule has 0 rings (SSSR count). The Balaban J connectivity index is 0. The third-order valence-electron chi connectivity index (χ3n) is 1.07. The Morgan fingerprint density at radius 1 is 1.15 bits per heavy atom. The average Bonchev–Trinajstić information content (AvgIpc) is 2.21. The summed E-state index contributed by atoms with van der Waals surface area (Å²) in [6.07, 6.45) is 4.66. The minimum Gasteiger partial charge on any atom is -0.192 e. The summed E-state index contributed by atoms with van der Waals surface area (Å²) in [7, 11) is 0. The Labute approximate surface area is 80.1 Å². The van der Waals surface area contributed by atoms with Gasteiger partial charge in [-0.05, 0) is 13.0 Å². The fourth-order valence-corrected chi connectivity index (χ4v) is 0.570. The fourth-order valence-electron chi connectivity index (χ4n) is 0.570. The molecule has 68 valence electrons. The first-order chi connectivity index (χ1) is 6.29. The molecule has 0 radical (unpaired) electrons. The van der Waals surface area contributed by atoms with E-state index in [0.29, 0.717) is 11.1 Å². The van der Waals surface area contributed by atoms with E-state index in [1.165, 1.54) is 6.08 Å². The topological polar surface area (TPSA) is 47.6 Å². The summed E-state index contributed by atoms with van der Waals surface area (Å²) in [5.41, 5.74) is 0.663. The number of hydrogen-bond donors (Lipinski definition) is 0. The molecule has 0 unspecified atom stereocenters. The van der Waals surface area contributed by atoms with Crippen LogP contribution in [0.4, 0.5) is 0 Å². The summed E-state index contributed by atoms with van der Waals surface area (Å²) >= 11 is 0. The van der Waals surface area contributed by atoms with Gasteiger partial charge in [-0.1, -0.05) is 32.6 Å². The van der Waals surface area contributed by atoms with Crippen LogP contribution in [0.2, 0.25) is 0 Å². The molecule has 0 aliphatic carbocycles. The molecule has 0 heterocycles. The first-order valence-electron chi connectivity index (χ1n) is 4.09. The monoisotopic (exact) mass is 174 g/mol. The van der Waals surface area contributed by atoms with Gasteiger partial charge in [-0.2, -0.15) is 10.5 Å². The summed E-state index contributed by atoms with van der Waals surface area (Å²) in [6.45, 7) is 9.20. The van der Waals surface area contributed by atoms with Gasteiger partial charge in [-0.15, -0.1) is 0 Å². The van der Waals surface area contributed by atoms with Crippen LogP contribution in [0.15, 0.2) is 36.0 Å². The second kappa shape index (κ2) is 10.2. The van der Waals surface area contributed by atoms with Crippen molar-refractivity contribution in [2.45, 2.75) is 20.8 Å². The molecule has 0 aromatic rings. The van der Waals surface area contributed by atoms with Crippen LogP contribution in [0, 0.1) is 22.7 Å². The zero-order valence-electron chi connectivity index (χ0n) is 8.33. The first-order valence-corrected chi connectivity index (χ1v) is 4.09. The molecule has 13 heavy (non-hydrogen) atoms. The Hall–Kier alpha value is -1.80. The van der Waals surface area contributed by atoms with Gasteiger partial charge >= 0.3 is 0 Å². The van der Waals surface area contributed by atoms with Crippen LogP contribution in [-0.4, -0.2) is 0 Å². The molecule has 0 amide bonds. The van der Waals surface area contributed by atoms with Crippen molar-refractivity contribution in [2.75, 3.05) is 0 Å². The Kier molecular flexibility index (Phi) is 10.8.